The van der Waals surface area contributed by atoms with E-state index in [9.17, 15) is 0 Å². The van der Waals surface area contributed by atoms with Crippen LogP contribution in [-0.2, 0) is 4.74 Å². The van der Waals surface area contributed by atoms with Gasteiger partial charge in [0.2, 0.25) is 0 Å². The SMILES string of the molecule is COCCNC1=Nc2cccc(Cl)c2C(C)N1. The van der Waals surface area contributed by atoms with E-state index in [1.165, 1.54) is 0 Å². The second-order valence-corrected chi connectivity index (χ2v) is 4.33. The van der Waals surface area contributed by atoms with E-state index < -0.39 is 0 Å². The quantitative estimate of drug-likeness (QED) is 0.812. The van der Waals surface area contributed by atoms with Gasteiger partial charge in [0, 0.05) is 24.2 Å². The van der Waals surface area contributed by atoms with E-state index in [1.807, 2.05) is 18.2 Å². The molecule has 1 aliphatic rings. The second kappa shape index (κ2) is 5.38. The van der Waals surface area contributed by atoms with Crippen molar-refractivity contribution in [2.75, 3.05) is 20.3 Å². The molecule has 1 aromatic rings. The monoisotopic (exact) mass is 253 g/mol. The summed E-state index contributed by atoms with van der Waals surface area (Å²) in [5.41, 5.74) is 1.97. The van der Waals surface area contributed by atoms with Gasteiger partial charge in [-0.25, -0.2) is 4.99 Å². The van der Waals surface area contributed by atoms with E-state index in [0.717, 1.165) is 28.8 Å². The van der Waals surface area contributed by atoms with Crippen LogP contribution in [0.15, 0.2) is 23.2 Å². The van der Waals surface area contributed by atoms with Crippen LogP contribution < -0.4 is 10.6 Å². The normalized spacial score (nSPS) is 18.1. The maximum atomic E-state index is 6.16. The van der Waals surface area contributed by atoms with Gasteiger partial charge in [0.05, 0.1) is 18.3 Å². The molecule has 0 fully saturated rings. The number of nitrogens with one attached hydrogen (secondary N) is 2. The van der Waals surface area contributed by atoms with E-state index in [1.54, 1.807) is 7.11 Å². The number of methoxy groups -OCH3 is 1. The summed E-state index contributed by atoms with van der Waals surface area (Å²) in [5.74, 6) is 0.768. The van der Waals surface area contributed by atoms with Gasteiger partial charge in [-0.3, -0.25) is 0 Å². The van der Waals surface area contributed by atoms with Gasteiger partial charge in [-0.2, -0.15) is 0 Å². The standard InChI is InChI=1S/C12H16ClN3O/c1-8-11-9(13)4-3-5-10(11)16-12(15-8)14-6-7-17-2/h3-5,8H,6-7H2,1-2H3,(H2,14,15,16). The van der Waals surface area contributed by atoms with Crippen LogP contribution in [0.25, 0.3) is 0 Å². The maximum absolute atomic E-state index is 6.16. The molecule has 0 saturated heterocycles. The highest BCUT2D eigenvalue weighted by Crippen LogP contribution is 2.34. The van der Waals surface area contributed by atoms with Crippen molar-refractivity contribution in [3.8, 4) is 0 Å². The maximum Gasteiger partial charge on any atom is 0.197 e. The minimum Gasteiger partial charge on any atom is -0.383 e. The van der Waals surface area contributed by atoms with Crippen LogP contribution in [0.3, 0.4) is 0 Å². The minimum atomic E-state index is 0.154. The Morgan fingerprint density at radius 1 is 1.53 bits per heavy atom. The van der Waals surface area contributed by atoms with E-state index in [2.05, 4.69) is 22.5 Å². The molecule has 2 rings (SSSR count). The number of rotatable bonds is 3. The summed E-state index contributed by atoms with van der Waals surface area (Å²) in [6.07, 6.45) is 0. The van der Waals surface area contributed by atoms with Crippen molar-refractivity contribution < 1.29 is 4.74 Å². The van der Waals surface area contributed by atoms with Crippen molar-refractivity contribution in [2.24, 2.45) is 4.99 Å². The molecule has 0 aliphatic carbocycles. The van der Waals surface area contributed by atoms with Crippen LogP contribution in [0.1, 0.15) is 18.5 Å². The fourth-order valence-electron chi connectivity index (χ4n) is 1.84. The third kappa shape index (κ3) is 2.70. The predicted molar refractivity (Wildman–Crippen MR) is 70.0 cm³/mol. The molecule has 1 heterocycles. The van der Waals surface area contributed by atoms with Gasteiger partial charge in [-0.15, -0.1) is 0 Å². The molecule has 1 atom stereocenters. The zero-order valence-corrected chi connectivity index (χ0v) is 10.7. The number of guanidine groups is 1. The first-order valence-electron chi connectivity index (χ1n) is 5.59. The molecule has 0 aromatic heterocycles. The van der Waals surface area contributed by atoms with Gasteiger partial charge >= 0.3 is 0 Å². The Hall–Kier alpha value is -1.26. The van der Waals surface area contributed by atoms with Gasteiger partial charge in [0.1, 0.15) is 0 Å². The minimum absolute atomic E-state index is 0.154. The summed E-state index contributed by atoms with van der Waals surface area (Å²) < 4.78 is 4.98. The second-order valence-electron chi connectivity index (χ2n) is 3.92. The molecule has 0 spiro atoms. The highest BCUT2D eigenvalue weighted by atomic mass is 35.5. The lowest BCUT2D eigenvalue weighted by Gasteiger charge is -2.25. The average molecular weight is 254 g/mol. The van der Waals surface area contributed by atoms with Gasteiger partial charge in [-0.05, 0) is 19.1 Å². The van der Waals surface area contributed by atoms with Crippen LogP contribution in [0.2, 0.25) is 5.02 Å². The Morgan fingerprint density at radius 2 is 2.35 bits per heavy atom. The summed E-state index contributed by atoms with van der Waals surface area (Å²) in [6, 6.07) is 5.92. The van der Waals surface area contributed by atoms with Gasteiger partial charge < -0.3 is 15.4 Å². The van der Waals surface area contributed by atoms with Crippen LogP contribution in [0.5, 0.6) is 0 Å². The summed E-state index contributed by atoms with van der Waals surface area (Å²) in [4.78, 5) is 4.48. The fourth-order valence-corrected chi connectivity index (χ4v) is 2.18. The van der Waals surface area contributed by atoms with E-state index >= 15 is 0 Å². The summed E-state index contributed by atoms with van der Waals surface area (Å²) in [5, 5.41) is 7.21. The Kier molecular flexibility index (Phi) is 3.86. The topological polar surface area (TPSA) is 45.6 Å². The molecule has 5 heteroatoms. The molecule has 1 aliphatic heterocycles. The largest absolute Gasteiger partial charge is 0.383 e. The summed E-state index contributed by atoms with van der Waals surface area (Å²) in [6.45, 7) is 3.44. The van der Waals surface area contributed by atoms with Crippen LogP contribution in [-0.4, -0.2) is 26.2 Å². The summed E-state index contributed by atoms with van der Waals surface area (Å²) in [7, 11) is 1.68. The number of halogens is 1. The Balaban J connectivity index is 2.18. The smallest absolute Gasteiger partial charge is 0.197 e. The zero-order valence-electron chi connectivity index (χ0n) is 9.96. The fraction of sp³-hybridized carbons (Fsp3) is 0.417. The predicted octanol–water partition coefficient (Wildman–Crippen LogP) is 2.23. The number of benzene rings is 1. The molecule has 0 bridgehead atoms. The average Bonchev–Trinajstić information content (AvgIpc) is 2.29. The molecular weight excluding hydrogens is 238 g/mol. The third-order valence-electron chi connectivity index (χ3n) is 2.65. The molecule has 0 amide bonds. The van der Waals surface area contributed by atoms with Gasteiger partial charge in [-0.1, -0.05) is 17.7 Å². The molecular formula is C12H16ClN3O. The van der Waals surface area contributed by atoms with Gasteiger partial charge in [0.25, 0.3) is 0 Å². The third-order valence-corrected chi connectivity index (χ3v) is 2.98. The summed E-state index contributed by atoms with van der Waals surface area (Å²) >= 11 is 6.16. The van der Waals surface area contributed by atoms with E-state index in [-0.39, 0.29) is 6.04 Å². The molecule has 1 unspecified atom stereocenters. The zero-order chi connectivity index (χ0) is 12.3. The van der Waals surface area contributed by atoms with E-state index in [4.69, 9.17) is 16.3 Å². The van der Waals surface area contributed by atoms with Crippen molar-refractivity contribution >= 4 is 23.2 Å². The van der Waals surface area contributed by atoms with Crippen LogP contribution >= 0.6 is 11.6 Å². The number of hydrogen-bond donors (Lipinski definition) is 2. The lowest BCUT2D eigenvalue weighted by Crippen LogP contribution is -2.41. The number of hydrogen-bond acceptors (Lipinski definition) is 4. The highest BCUT2D eigenvalue weighted by Gasteiger charge is 2.20. The molecule has 2 N–H and O–H groups in total. The Bertz CT molecular complexity index is 434. The lowest BCUT2D eigenvalue weighted by atomic mass is 10.1. The number of nitrogens with zero attached hydrogens (tertiary/aromatic N) is 1. The Labute approximate surface area is 106 Å². The van der Waals surface area contributed by atoms with E-state index in [0.29, 0.717) is 6.61 Å². The number of fused-ring (bicyclic) bond motifs is 1. The molecule has 4 nitrogen and oxygen atoms in total. The van der Waals surface area contributed by atoms with Crippen LogP contribution in [0.4, 0.5) is 5.69 Å². The molecule has 92 valence electrons. The van der Waals surface area contributed by atoms with Gasteiger partial charge in [0.15, 0.2) is 5.96 Å². The number of aliphatic imine (C=N–C) groups is 1. The first kappa shape index (κ1) is 12.2. The molecule has 17 heavy (non-hydrogen) atoms. The first-order chi connectivity index (χ1) is 8.22. The molecule has 1 aromatic carbocycles. The highest BCUT2D eigenvalue weighted by molar-refractivity contribution is 6.31. The van der Waals surface area contributed by atoms with Crippen molar-refractivity contribution in [2.45, 2.75) is 13.0 Å². The van der Waals surface area contributed by atoms with Crippen molar-refractivity contribution in [3.05, 3.63) is 28.8 Å². The van der Waals surface area contributed by atoms with Crippen molar-refractivity contribution in [3.63, 3.8) is 0 Å². The Morgan fingerprint density at radius 3 is 3.12 bits per heavy atom. The lowest BCUT2D eigenvalue weighted by molar-refractivity contribution is 0.203. The van der Waals surface area contributed by atoms with Crippen molar-refractivity contribution in [1.82, 2.24) is 10.6 Å². The molecule has 0 saturated carbocycles. The first-order valence-corrected chi connectivity index (χ1v) is 5.96. The molecule has 0 radical (unpaired) electrons. The van der Waals surface area contributed by atoms with Crippen LogP contribution in [0, 0.1) is 0 Å². The number of ether oxygens (including phenoxy) is 1. The van der Waals surface area contributed by atoms with Crippen molar-refractivity contribution in [1.29, 1.82) is 0 Å².